The monoisotopic (exact) mass is 290 g/mol. The number of nitrogens with two attached hydrogens (primary N) is 2. The van der Waals surface area contributed by atoms with Crippen LogP contribution in [-0.4, -0.2) is 15.0 Å². The minimum atomic E-state index is 0.751. The van der Waals surface area contributed by atoms with Crippen LogP contribution in [0.4, 0.5) is 11.5 Å². The Balaban J connectivity index is 0.000000116. The van der Waals surface area contributed by atoms with Gasteiger partial charge in [0, 0.05) is 22.7 Å². The Morgan fingerprint density at radius 1 is 1.09 bits per heavy atom. The minimum absolute atomic E-state index is 0.751. The molecule has 22 heavy (non-hydrogen) atoms. The maximum atomic E-state index is 5.76. The molecule has 0 saturated heterocycles. The molecule has 0 unspecified atom stereocenters. The molecule has 2 aromatic carbocycles. The van der Waals surface area contributed by atoms with Crippen molar-refractivity contribution in [2.45, 2.75) is 6.54 Å². The molecule has 2 aliphatic rings. The van der Waals surface area contributed by atoms with Crippen molar-refractivity contribution < 1.29 is 0 Å². The molecule has 0 aliphatic carbocycles. The Morgan fingerprint density at radius 2 is 1.95 bits per heavy atom. The highest BCUT2D eigenvalue weighted by atomic mass is 15.4. The van der Waals surface area contributed by atoms with Crippen molar-refractivity contribution in [2.24, 2.45) is 5.84 Å². The third-order valence-electron chi connectivity index (χ3n) is 3.74. The maximum Gasteiger partial charge on any atom is 0.152 e. The van der Waals surface area contributed by atoms with E-state index < -0.39 is 0 Å². The van der Waals surface area contributed by atoms with E-state index in [1.165, 1.54) is 0 Å². The number of nitrogen functional groups attached to an aromatic ring is 1. The fourth-order valence-corrected chi connectivity index (χ4v) is 2.65. The van der Waals surface area contributed by atoms with Gasteiger partial charge in [0.15, 0.2) is 5.82 Å². The first kappa shape index (κ1) is 12.7. The SMILES string of the molecule is Nc1cc2nc3c1cc2CN3N.c1ccc2ncncc2c1. The third kappa shape index (κ3) is 1.97. The van der Waals surface area contributed by atoms with E-state index in [9.17, 15) is 0 Å². The second-order valence-corrected chi connectivity index (χ2v) is 5.21. The standard InChI is InChI=1S/C8H8N4.C8H6N2/c9-6-2-7-4-1-5(6)8(11-7)12(10)3-4;1-2-4-8-7(3-1)5-9-6-10-8/h1-2H,3,10H2,(H2,9,11);1-6H. The summed E-state index contributed by atoms with van der Waals surface area (Å²) in [4.78, 5) is 12.3. The van der Waals surface area contributed by atoms with Crippen LogP contribution in [0.3, 0.4) is 0 Å². The number of hydrogen-bond donors (Lipinski definition) is 2. The van der Waals surface area contributed by atoms with Crippen LogP contribution in [-0.2, 0) is 6.54 Å². The average molecular weight is 290 g/mol. The lowest BCUT2D eigenvalue weighted by Gasteiger charge is -2.28. The fourth-order valence-electron chi connectivity index (χ4n) is 2.65. The highest BCUT2D eigenvalue weighted by Gasteiger charge is 2.21. The smallest absolute Gasteiger partial charge is 0.152 e. The molecule has 3 aromatic heterocycles. The number of para-hydroxylation sites is 1. The Morgan fingerprint density at radius 3 is 2.68 bits per heavy atom. The van der Waals surface area contributed by atoms with Gasteiger partial charge in [0.05, 0.1) is 17.6 Å². The van der Waals surface area contributed by atoms with E-state index >= 15 is 0 Å². The minimum Gasteiger partial charge on any atom is -0.398 e. The lowest BCUT2D eigenvalue weighted by atomic mass is 10.0. The van der Waals surface area contributed by atoms with Crippen LogP contribution in [0, 0.1) is 0 Å². The van der Waals surface area contributed by atoms with Crippen molar-refractivity contribution in [1.29, 1.82) is 0 Å². The zero-order valence-corrected chi connectivity index (χ0v) is 11.8. The molecular weight excluding hydrogens is 276 g/mol. The molecule has 108 valence electrons. The largest absolute Gasteiger partial charge is 0.398 e. The second-order valence-electron chi connectivity index (χ2n) is 5.21. The van der Waals surface area contributed by atoms with Crippen molar-refractivity contribution in [3.63, 3.8) is 0 Å². The van der Waals surface area contributed by atoms with Gasteiger partial charge in [-0.15, -0.1) is 0 Å². The lowest BCUT2D eigenvalue weighted by molar-refractivity contribution is 0.817. The van der Waals surface area contributed by atoms with Gasteiger partial charge in [0.25, 0.3) is 0 Å². The summed E-state index contributed by atoms with van der Waals surface area (Å²) in [6.45, 7) is 0.751. The van der Waals surface area contributed by atoms with E-state index in [0.717, 1.165) is 45.4 Å². The molecule has 0 saturated carbocycles. The molecule has 4 bridgehead atoms. The van der Waals surface area contributed by atoms with Crippen molar-refractivity contribution in [1.82, 2.24) is 15.0 Å². The normalized spacial score (nSPS) is 12.7. The van der Waals surface area contributed by atoms with Gasteiger partial charge in [-0.05, 0) is 23.8 Å². The van der Waals surface area contributed by atoms with Crippen LogP contribution in [0.2, 0.25) is 0 Å². The molecule has 6 nitrogen and oxygen atoms in total. The van der Waals surface area contributed by atoms with E-state index in [2.05, 4.69) is 21.0 Å². The number of hydrogen-bond acceptors (Lipinski definition) is 6. The van der Waals surface area contributed by atoms with E-state index in [0.29, 0.717) is 0 Å². The van der Waals surface area contributed by atoms with E-state index in [-0.39, 0.29) is 0 Å². The predicted octanol–water partition coefficient (Wildman–Crippen LogP) is 2.08. The van der Waals surface area contributed by atoms with Crippen molar-refractivity contribution in [3.8, 4) is 0 Å². The first-order valence-electron chi connectivity index (χ1n) is 6.91. The van der Waals surface area contributed by atoms with Gasteiger partial charge in [-0.1, -0.05) is 18.2 Å². The van der Waals surface area contributed by atoms with E-state index in [1.54, 1.807) is 11.3 Å². The van der Waals surface area contributed by atoms with Crippen molar-refractivity contribution in [2.75, 3.05) is 10.7 Å². The molecule has 2 aliphatic heterocycles. The maximum absolute atomic E-state index is 5.76. The van der Waals surface area contributed by atoms with Crippen LogP contribution < -0.4 is 16.6 Å². The number of fused-ring (bicyclic) bond motifs is 3. The van der Waals surface area contributed by atoms with Crippen LogP contribution in [0.15, 0.2) is 48.9 Å². The zero-order chi connectivity index (χ0) is 15.1. The number of rotatable bonds is 0. The highest BCUT2D eigenvalue weighted by Crippen LogP contribution is 2.35. The molecular formula is C16H14N6. The summed E-state index contributed by atoms with van der Waals surface area (Å²) >= 11 is 0. The quantitative estimate of drug-likeness (QED) is 0.380. The van der Waals surface area contributed by atoms with Gasteiger partial charge >= 0.3 is 0 Å². The average Bonchev–Trinajstić information content (AvgIpc) is 2.56. The molecule has 0 atom stereocenters. The Kier molecular flexibility index (Phi) is 2.77. The molecule has 0 radical (unpaired) electrons. The number of aromatic nitrogens is 3. The fraction of sp³-hybridized carbons (Fsp3) is 0.0625. The van der Waals surface area contributed by atoms with E-state index in [4.69, 9.17) is 11.6 Å². The summed E-state index contributed by atoms with van der Waals surface area (Å²) in [5, 5.41) is 3.69. The molecule has 5 aromatic rings. The summed E-state index contributed by atoms with van der Waals surface area (Å²) < 4.78 is 0. The van der Waals surface area contributed by atoms with Gasteiger partial charge in [0.1, 0.15) is 6.33 Å². The topological polar surface area (TPSA) is 94.0 Å². The summed E-state index contributed by atoms with van der Waals surface area (Å²) in [7, 11) is 0. The van der Waals surface area contributed by atoms with Crippen LogP contribution in [0.1, 0.15) is 5.56 Å². The van der Waals surface area contributed by atoms with Gasteiger partial charge in [0.2, 0.25) is 0 Å². The van der Waals surface area contributed by atoms with Gasteiger partial charge < -0.3 is 5.73 Å². The molecule has 6 heteroatoms. The summed E-state index contributed by atoms with van der Waals surface area (Å²) in [5.74, 6) is 6.52. The Labute approximate surface area is 126 Å². The Hall–Kier alpha value is -2.99. The van der Waals surface area contributed by atoms with Gasteiger partial charge in [-0.2, -0.15) is 0 Å². The number of hydrazine groups is 1. The third-order valence-corrected chi connectivity index (χ3v) is 3.74. The molecule has 0 amide bonds. The number of benzene rings is 2. The van der Waals surface area contributed by atoms with Crippen LogP contribution in [0.25, 0.3) is 21.8 Å². The lowest BCUT2D eigenvalue weighted by Crippen LogP contribution is -2.35. The zero-order valence-electron chi connectivity index (χ0n) is 11.8. The van der Waals surface area contributed by atoms with Crippen LogP contribution in [0.5, 0.6) is 0 Å². The molecule has 7 rings (SSSR count). The van der Waals surface area contributed by atoms with E-state index in [1.807, 2.05) is 36.5 Å². The van der Waals surface area contributed by atoms with Crippen molar-refractivity contribution in [3.05, 3.63) is 54.5 Å². The van der Waals surface area contributed by atoms with Gasteiger partial charge in [-0.25, -0.2) is 20.8 Å². The number of pyridine rings is 2. The summed E-state index contributed by atoms with van der Waals surface area (Å²) in [6.07, 6.45) is 3.37. The first-order valence-corrected chi connectivity index (χ1v) is 6.91. The molecule has 0 fully saturated rings. The van der Waals surface area contributed by atoms with Crippen molar-refractivity contribution >= 4 is 33.3 Å². The number of anilines is 2. The molecule has 5 heterocycles. The Bertz CT molecular complexity index is 886. The highest BCUT2D eigenvalue weighted by molar-refractivity contribution is 5.95. The van der Waals surface area contributed by atoms with Gasteiger partial charge in [-0.3, -0.25) is 5.01 Å². The summed E-state index contributed by atoms with van der Waals surface area (Å²) in [6, 6.07) is 11.9. The first-order chi connectivity index (χ1) is 10.7. The molecule has 0 spiro atoms. The van der Waals surface area contributed by atoms with Crippen LogP contribution >= 0.6 is 0 Å². The number of nitrogens with zero attached hydrogens (tertiary/aromatic N) is 4. The second kappa shape index (κ2) is 4.78. The predicted molar refractivity (Wildman–Crippen MR) is 87.2 cm³/mol. The summed E-state index contributed by atoms with van der Waals surface area (Å²) in [5.41, 5.74) is 9.67. The molecule has 4 N–H and O–H groups in total.